The van der Waals surface area contributed by atoms with Gasteiger partial charge in [-0.1, -0.05) is 48.5 Å². The van der Waals surface area contributed by atoms with Crippen LogP contribution in [-0.2, 0) is 32.6 Å². The van der Waals surface area contributed by atoms with Gasteiger partial charge in [-0.3, -0.25) is 13.9 Å². The summed E-state index contributed by atoms with van der Waals surface area (Å²) in [5, 5.41) is 2.96. The van der Waals surface area contributed by atoms with Gasteiger partial charge in [-0.15, -0.1) is 0 Å². The summed E-state index contributed by atoms with van der Waals surface area (Å²) in [5.74, 6) is -0.996. The zero-order valence-corrected chi connectivity index (χ0v) is 24.2. The minimum absolute atomic E-state index is 0.0378. The first kappa shape index (κ1) is 30.6. The maximum atomic E-state index is 14.0. The highest BCUT2D eigenvalue weighted by Crippen LogP contribution is 2.24. The molecular formula is C30H36FN3O5S. The van der Waals surface area contributed by atoms with E-state index in [0.29, 0.717) is 11.3 Å². The van der Waals surface area contributed by atoms with Crippen molar-refractivity contribution in [2.24, 2.45) is 0 Å². The molecule has 1 atom stereocenters. The number of nitrogens with one attached hydrogen (secondary N) is 1. The molecule has 1 N–H and O–H groups in total. The zero-order chi connectivity index (χ0) is 29.5. The third kappa shape index (κ3) is 8.81. The molecule has 8 nitrogen and oxygen atoms in total. The average Bonchev–Trinajstić information content (AvgIpc) is 2.89. The number of amides is 2. The highest BCUT2D eigenvalue weighted by Gasteiger charge is 2.34. The number of hydrogen-bond donors (Lipinski definition) is 1. The third-order valence-electron chi connectivity index (χ3n) is 6.06. The van der Waals surface area contributed by atoms with E-state index in [1.165, 1.54) is 42.3 Å². The first-order valence-corrected chi connectivity index (χ1v) is 14.6. The van der Waals surface area contributed by atoms with Crippen LogP contribution in [0.2, 0.25) is 0 Å². The second-order valence-electron chi connectivity index (χ2n) is 10.6. The van der Waals surface area contributed by atoms with E-state index in [2.05, 4.69) is 5.32 Å². The molecule has 0 aliphatic carbocycles. The molecule has 0 fully saturated rings. The van der Waals surface area contributed by atoms with Crippen molar-refractivity contribution in [1.82, 2.24) is 10.2 Å². The van der Waals surface area contributed by atoms with Crippen LogP contribution in [0.3, 0.4) is 0 Å². The van der Waals surface area contributed by atoms with Crippen molar-refractivity contribution in [1.29, 1.82) is 0 Å². The molecule has 0 heterocycles. The van der Waals surface area contributed by atoms with Crippen LogP contribution in [0, 0.1) is 5.82 Å². The van der Waals surface area contributed by atoms with E-state index in [9.17, 15) is 22.4 Å². The van der Waals surface area contributed by atoms with E-state index in [1.54, 1.807) is 18.2 Å². The SMILES string of the molecule is COc1cccc(N(CC(=O)N(Cc2ccc(F)cc2)C(Cc2ccccc2)C(=O)NC(C)(C)C)S(C)(=O)=O)c1. The van der Waals surface area contributed by atoms with Crippen molar-refractivity contribution in [2.45, 2.75) is 45.3 Å². The van der Waals surface area contributed by atoms with Gasteiger partial charge in [0.25, 0.3) is 0 Å². The normalized spacial score (nSPS) is 12.3. The first-order valence-electron chi connectivity index (χ1n) is 12.8. The van der Waals surface area contributed by atoms with Gasteiger partial charge < -0.3 is 15.0 Å². The Labute approximate surface area is 235 Å². The Morgan fingerprint density at radius 1 is 0.950 bits per heavy atom. The summed E-state index contributed by atoms with van der Waals surface area (Å²) in [6.45, 7) is 4.92. The zero-order valence-electron chi connectivity index (χ0n) is 23.4. The van der Waals surface area contributed by atoms with E-state index in [-0.39, 0.29) is 24.6 Å². The van der Waals surface area contributed by atoms with Crippen LogP contribution < -0.4 is 14.4 Å². The molecule has 2 amide bonds. The standard InChI is InChI=1S/C30H36FN3O5S/c1-30(2,3)32-29(36)27(18-22-10-7-6-8-11-22)33(20-23-14-16-24(31)17-15-23)28(35)21-34(40(5,37)38)25-12-9-13-26(19-25)39-4/h6-17,19,27H,18,20-21H2,1-5H3,(H,32,36). The quantitative estimate of drug-likeness (QED) is 0.374. The number of ether oxygens (including phenoxy) is 1. The van der Waals surface area contributed by atoms with Crippen molar-refractivity contribution in [2.75, 3.05) is 24.2 Å². The summed E-state index contributed by atoms with van der Waals surface area (Å²) in [4.78, 5) is 29.1. The number of sulfonamides is 1. The second kappa shape index (κ2) is 13.0. The molecule has 0 aromatic heterocycles. The molecule has 3 aromatic carbocycles. The molecule has 3 rings (SSSR count). The van der Waals surface area contributed by atoms with Crippen LogP contribution in [0.5, 0.6) is 5.75 Å². The molecule has 0 radical (unpaired) electrons. The number of anilines is 1. The molecule has 214 valence electrons. The number of carbonyl (C=O) groups excluding carboxylic acids is 2. The van der Waals surface area contributed by atoms with E-state index in [1.807, 2.05) is 51.1 Å². The van der Waals surface area contributed by atoms with Gasteiger partial charge in [0, 0.05) is 24.6 Å². The Bertz CT molecular complexity index is 1410. The van der Waals surface area contributed by atoms with E-state index < -0.39 is 39.9 Å². The number of halogens is 1. The highest BCUT2D eigenvalue weighted by atomic mass is 32.2. The van der Waals surface area contributed by atoms with Crippen LogP contribution in [-0.4, -0.2) is 56.6 Å². The number of hydrogen-bond acceptors (Lipinski definition) is 5. The van der Waals surface area contributed by atoms with Crippen molar-refractivity contribution in [3.8, 4) is 5.75 Å². The number of rotatable bonds is 11. The summed E-state index contributed by atoms with van der Waals surface area (Å²) < 4.78 is 45.6. The molecule has 1 unspecified atom stereocenters. The topological polar surface area (TPSA) is 96.0 Å². The lowest BCUT2D eigenvalue weighted by atomic mass is 10.0. The Hall–Kier alpha value is -3.92. The minimum atomic E-state index is -3.90. The largest absolute Gasteiger partial charge is 0.497 e. The predicted octanol–water partition coefficient (Wildman–Crippen LogP) is 4.16. The fraction of sp³-hybridized carbons (Fsp3) is 0.333. The maximum absolute atomic E-state index is 14.0. The first-order chi connectivity index (χ1) is 18.8. The lowest BCUT2D eigenvalue weighted by molar-refractivity contribution is -0.140. The Morgan fingerprint density at radius 3 is 2.17 bits per heavy atom. The fourth-order valence-corrected chi connectivity index (χ4v) is 5.01. The highest BCUT2D eigenvalue weighted by molar-refractivity contribution is 7.92. The lowest BCUT2D eigenvalue weighted by Crippen LogP contribution is -2.56. The van der Waals surface area contributed by atoms with Crippen LogP contribution in [0.1, 0.15) is 31.9 Å². The van der Waals surface area contributed by atoms with Gasteiger partial charge in [0.05, 0.1) is 19.1 Å². The Kier molecular flexibility index (Phi) is 9.92. The predicted molar refractivity (Wildman–Crippen MR) is 154 cm³/mol. The molecule has 0 aliphatic heterocycles. The fourth-order valence-electron chi connectivity index (χ4n) is 4.17. The number of methoxy groups -OCH3 is 1. The van der Waals surface area contributed by atoms with Gasteiger partial charge in [-0.2, -0.15) is 0 Å². The second-order valence-corrected chi connectivity index (χ2v) is 12.5. The number of carbonyl (C=O) groups is 2. The smallest absolute Gasteiger partial charge is 0.244 e. The molecule has 0 saturated heterocycles. The van der Waals surface area contributed by atoms with Gasteiger partial charge in [0.2, 0.25) is 21.8 Å². The molecular weight excluding hydrogens is 533 g/mol. The molecule has 0 bridgehead atoms. The molecule has 0 saturated carbocycles. The van der Waals surface area contributed by atoms with E-state index in [0.717, 1.165) is 16.1 Å². The summed E-state index contributed by atoms with van der Waals surface area (Å²) >= 11 is 0. The lowest BCUT2D eigenvalue weighted by Gasteiger charge is -2.35. The van der Waals surface area contributed by atoms with Gasteiger partial charge in [0.1, 0.15) is 24.2 Å². The molecule has 3 aromatic rings. The van der Waals surface area contributed by atoms with Gasteiger partial charge in [0.15, 0.2) is 0 Å². The maximum Gasteiger partial charge on any atom is 0.244 e. The summed E-state index contributed by atoms with van der Waals surface area (Å²) in [7, 11) is -2.44. The molecule has 10 heteroatoms. The van der Waals surface area contributed by atoms with Crippen LogP contribution >= 0.6 is 0 Å². The third-order valence-corrected chi connectivity index (χ3v) is 7.20. The molecule has 40 heavy (non-hydrogen) atoms. The van der Waals surface area contributed by atoms with E-state index >= 15 is 0 Å². The van der Waals surface area contributed by atoms with Crippen molar-refractivity contribution in [3.05, 3.63) is 95.8 Å². The summed E-state index contributed by atoms with van der Waals surface area (Å²) in [5.41, 5.74) is 1.07. The van der Waals surface area contributed by atoms with Crippen LogP contribution in [0.25, 0.3) is 0 Å². The van der Waals surface area contributed by atoms with Crippen molar-refractivity contribution < 1.29 is 27.1 Å². The average molecular weight is 570 g/mol. The number of nitrogens with zero attached hydrogens (tertiary/aromatic N) is 2. The van der Waals surface area contributed by atoms with Gasteiger partial charge in [-0.25, -0.2) is 12.8 Å². The van der Waals surface area contributed by atoms with Crippen LogP contribution in [0.15, 0.2) is 78.9 Å². The Morgan fingerprint density at radius 2 is 1.60 bits per heavy atom. The van der Waals surface area contributed by atoms with Crippen molar-refractivity contribution >= 4 is 27.5 Å². The van der Waals surface area contributed by atoms with Crippen molar-refractivity contribution in [3.63, 3.8) is 0 Å². The Balaban J connectivity index is 2.07. The van der Waals surface area contributed by atoms with Crippen LogP contribution in [0.4, 0.5) is 10.1 Å². The summed E-state index contributed by atoms with van der Waals surface area (Å²) in [6.07, 6.45) is 1.20. The molecule has 0 spiro atoms. The monoisotopic (exact) mass is 569 g/mol. The van der Waals surface area contributed by atoms with Gasteiger partial charge in [-0.05, 0) is 56.2 Å². The number of benzene rings is 3. The van der Waals surface area contributed by atoms with Gasteiger partial charge >= 0.3 is 0 Å². The minimum Gasteiger partial charge on any atom is -0.497 e. The van der Waals surface area contributed by atoms with E-state index in [4.69, 9.17) is 4.74 Å². The molecule has 0 aliphatic rings. The summed E-state index contributed by atoms with van der Waals surface area (Å²) in [6, 6.07) is 20.3.